The molecule has 3 rings (SSSR count). The summed E-state index contributed by atoms with van der Waals surface area (Å²) in [4.78, 5) is 28.1. The van der Waals surface area contributed by atoms with Gasteiger partial charge in [-0.2, -0.15) is 11.3 Å². The minimum Gasteiger partial charge on any atom is -0.452 e. The minimum absolute atomic E-state index is 0.0850. The van der Waals surface area contributed by atoms with Gasteiger partial charge in [-0.3, -0.25) is 9.59 Å². The minimum atomic E-state index is -0.761. The van der Waals surface area contributed by atoms with Crippen molar-refractivity contribution in [2.45, 2.75) is 38.3 Å². The van der Waals surface area contributed by atoms with Gasteiger partial charge < -0.3 is 10.1 Å². The van der Waals surface area contributed by atoms with Crippen LogP contribution in [0.15, 0.2) is 22.2 Å². The van der Waals surface area contributed by atoms with Crippen LogP contribution in [0.5, 0.6) is 0 Å². The average molecular weight is 336 g/mol. The van der Waals surface area contributed by atoms with Gasteiger partial charge in [-0.25, -0.2) is 4.98 Å². The molecule has 0 bridgehead atoms. The fraction of sp³-hybridized carbons (Fsp3) is 0.400. The van der Waals surface area contributed by atoms with Crippen LogP contribution < -0.4 is 5.32 Å². The summed E-state index contributed by atoms with van der Waals surface area (Å²) in [5.74, 6) is -0.659. The molecule has 1 atom stereocenters. The maximum Gasteiger partial charge on any atom is 0.312 e. The highest BCUT2D eigenvalue weighted by atomic mass is 32.1. The number of ether oxygens (including phenoxy) is 1. The zero-order chi connectivity index (χ0) is 15.5. The van der Waals surface area contributed by atoms with Crippen LogP contribution in [-0.4, -0.2) is 29.0 Å². The number of nitrogens with zero attached hydrogens (tertiary/aromatic N) is 1. The molecule has 1 aliphatic carbocycles. The SMILES string of the molecule is C[C@@H](OC(=O)Cc1csc(-c2ccsc2)n1)C(=O)NC1CC1. The molecule has 0 unspecified atom stereocenters. The Bertz CT molecular complexity index is 662. The lowest BCUT2D eigenvalue weighted by atomic mass is 10.3. The molecule has 0 radical (unpaired) electrons. The molecule has 5 nitrogen and oxygen atoms in total. The molecule has 1 fully saturated rings. The summed E-state index contributed by atoms with van der Waals surface area (Å²) in [6.07, 6.45) is 1.34. The van der Waals surface area contributed by atoms with Gasteiger partial charge in [0.05, 0.1) is 12.1 Å². The first-order chi connectivity index (χ1) is 10.6. The predicted molar refractivity (Wildman–Crippen MR) is 85.8 cm³/mol. The van der Waals surface area contributed by atoms with E-state index in [9.17, 15) is 9.59 Å². The van der Waals surface area contributed by atoms with Crippen molar-refractivity contribution in [1.29, 1.82) is 0 Å². The van der Waals surface area contributed by atoms with Crippen LogP contribution >= 0.6 is 22.7 Å². The van der Waals surface area contributed by atoms with Crippen molar-refractivity contribution in [1.82, 2.24) is 10.3 Å². The van der Waals surface area contributed by atoms with Crippen molar-refractivity contribution in [2.75, 3.05) is 0 Å². The van der Waals surface area contributed by atoms with Gasteiger partial charge in [0.2, 0.25) is 0 Å². The second-order valence-electron chi connectivity index (χ2n) is 5.25. The fourth-order valence-electron chi connectivity index (χ4n) is 1.89. The van der Waals surface area contributed by atoms with Crippen molar-refractivity contribution in [3.63, 3.8) is 0 Å². The van der Waals surface area contributed by atoms with E-state index in [4.69, 9.17) is 4.74 Å². The van der Waals surface area contributed by atoms with Crippen LogP contribution in [0.4, 0.5) is 0 Å². The Morgan fingerprint density at radius 1 is 1.45 bits per heavy atom. The highest BCUT2D eigenvalue weighted by molar-refractivity contribution is 7.14. The Kier molecular flexibility index (Phi) is 4.54. The molecule has 0 aliphatic heterocycles. The van der Waals surface area contributed by atoms with Gasteiger partial charge in [0, 0.05) is 22.4 Å². The number of hydrogen-bond acceptors (Lipinski definition) is 6. The summed E-state index contributed by atoms with van der Waals surface area (Å²) < 4.78 is 5.16. The van der Waals surface area contributed by atoms with Gasteiger partial charge in [-0.05, 0) is 31.2 Å². The first-order valence-electron chi connectivity index (χ1n) is 7.08. The van der Waals surface area contributed by atoms with Crippen molar-refractivity contribution < 1.29 is 14.3 Å². The largest absolute Gasteiger partial charge is 0.452 e. The van der Waals surface area contributed by atoms with Gasteiger partial charge in [0.25, 0.3) is 5.91 Å². The van der Waals surface area contributed by atoms with Crippen LogP contribution in [0, 0.1) is 0 Å². The lowest BCUT2D eigenvalue weighted by molar-refractivity contribution is -0.154. The average Bonchev–Trinajstić information content (AvgIpc) is 2.96. The second kappa shape index (κ2) is 6.58. The van der Waals surface area contributed by atoms with E-state index in [-0.39, 0.29) is 18.4 Å². The van der Waals surface area contributed by atoms with Crippen LogP contribution in [0.3, 0.4) is 0 Å². The molecule has 7 heteroatoms. The molecule has 0 aromatic carbocycles. The Labute approximate surface area is 136 Å². The molecule has 2 aromatic rings. The highest BCUT2D eigenvalue weighted by Crippen LogP contribution is 2.26. The normalized spacial score (nSPS) is 15.3. The third-order valence-electron chi connectivity index (χ3n) is 3.25. The molecule has 22 heavy (non-hydrogen) atoms. The lowest BCUT2D eigenvalue weighted by Gasteiger charge is -2.12. The van der Waals surface area contributed by atoms with Crippen LogP contribution in [-0.2, 0) is 20.7 Å². The predicted octanol–water partition coefficient (Wildman–Crippen LogP) is 2.62. The van der Waals surface area contributed by atoms with Gasteiger partial charge in [0.15, 0.2) is 6.10 Å². The van der Waals surface area contributed by atoms with E-state index in [1.54, 1.807) is 18.3 Å². The summed E-state index contributed by atoms with van der Waals surface area (Å²) in [5, 5.41) is 9.57. The maximum absolute atomic E-state index is 11.9. The first kappa shape index (κ1) is 15.2. The smallest absolute Gasteiger partial charge is 0.312 e. The Hall–Kier alpha value is -1.73. The second-order valence-corrected chi connectivity index (χ2v) is 6.89. The molecule has 2 aromatic heterocycles. The molecule has 2 heterocycles. The molecular weight excluding hydrogens is 320 g/mol. The quantitative estimate of drug-likeness (QED) is 0.824. The van der Waals surface area contributed by atoms with Crippen LogP contribution in [0.2, 0.25) is 0 Å². The maximum atomic E-state index is 11.9. The zero-order valence-electron chi connectivity index (χ0n) is 12.1. The Morgan fingerprint density at radius 2 is 2.27 bits per heavy atom. The molecule has 1 N–H and O–H groups in total. The summed E-state index contributed by atoms with van der Waals surface area (Å²) in [5.41, 5.74) is 1.73. The number of rotatable bonds is 6. The summed E-state index contributed by atoms with van der Waals surface area (Å²) in [6.45, 7) is 1.59. The number of thiophene rings is 1. The molecule has 0 saturated heterocycles. The highest BCUT2D eigenvalue weighted by Gasteiger charge is 2.27. The van der Waals surface area contributed by atoms with Crippen molar-refractivity contribution in [3.05, 3.63) is 27.9 Å². The molecule has 1 amide bonds. The number of hydrogen-bond donors (Lipinski definition) is 1. The van der Waals surface area contributed by atoms with E-state index < -0.39 is 12.1 Å². The number of thiazole rings is 1. The monoisotopic (exact) mass is 336 g/mol. The molecule has 116 valence electrons. The van der Waals surface area contributed by atoms with Gasteiger partial charge >= 0.3 is 5.97 Å². The molecule has 1 saturated carbocycles. The standard InChI is InChI=1S/C15H16N2O3S2/c1-9(14(19)16-11-2-3-11)20-13(18)6-12-8-22-15(17-12)10-4-5-21-7-10/h4-5,7-9,11H,2-3,6H2,1H3,(H,16,19)/t9-/m1/s1. The summed E-state index contributed by atoms with van der Waals surface area (Å²) in [6, 6.07) is 2.26. The Morgan fingerprint density at radius 3 is 2.95 bits per heavy atom. The van der Waals surface area contributed by atoms with Crippen LogP contribution in [0.1, 0.15) is 25.5 Å². The van der Waals surface area contributed by atoms with Crippen molar-refractivity contribution in [3.8, 4) is 10.6 Å². The van der Waals surface area contributed by atoms with Gasteiger partial charge in [0.1, 0.15) is 5.01 Å². The first-order valence-corrected chi connectivity index (χ1v) is 8.91. The van der Waals surface area contributed by atoms with Crippen LogP contribution in [0.25, 0.3) is 10.6 Å². The Balaban J connectivity index is 1.52. The van der Waals surface area contributed by atoms with E-state index in [1.807, 2.05) is 22.2 Å². The van der Waals surface area contributed by atoms with Gasteiger partial charge in [-0.1, -0.05) is 0 Å². The third-order valence-corrected chi connectivity index (χ3v) is 4.87. The van der Waals surface area contributed by atoms with E-state index in [1.165, 1.54) is 11.3 Å². The zero-order valence-corrected chi connectivity index (χ0v) is 13.7. The summed E-state index contributed by atoms with van der Waals surface area (Å²) >= 11 is 3.11. The number of nitrogens with one attached hydrogen (secondary N) is 1. The van der Waals surface area contributed by atoms with Gasteiger partial charge in [-0.15, -0.1) is 11.3 Å². The van der Waals surface area contributed by atoms with E-state index in [2.05, 4.69) is 10.3 Å². The topological polar surface area (TPSA) is 68.3 Å². The number of esters is 1. The van der Waals surface area contributed by atoms with E-state index >= 15 is 0 Å². The fourth-order valence-corrected chi connectivity index (χ4v) is 3.43. The molecular formula is C15H16N2O3S2. The van der Waals surface area contributed by atoms with E-state index in [0.717, 1.165) is 23.4 Å². The molecule has 0 spiro atoms. The summed E-state index contributed by atoms with van der Waals surface area (Å²) in [7, 11) is 0. The number of carbonyl (C=O) groups excluding carboxylic acids is 2. The number of amides is 1. The third kappa shape index (κ3) is 3.92. The number of carbonyl (C=O) groups is 2. The number of aromatic nitrogens is 1. The molecule has 1 aliphatic rings. The van der Waals surface area contributed by atoms with Crippen molar-refractivity contribution in [2.24, 2.45) is 0 Å². The lowest BCUT2D eigenvalue weighted by Crippen LogP contribution is -2.37. The van der Waals surface area contributed by atoms with Crippen molar-refractivity contribution >= 4 is 34.6 Å². The van der Waals surface area contributed by atoms with E-state index in [0.29, 0.717) is 5.69 Å².